The summed E-state index contributed by atoms with van der Waals surface area (Å²) in [5.41, 5.74) is 0.514. The van der Waals surface area contributed by atoms with Crippen molar-refractivity contribution >= 4 is 5.97 Å². The summed E-state index contributed by atoms with van der Waals surface area (Å²) in [5.74, 6) is -0.702. The smallest absolute Gasteiger partial charge is 0.361 e. The number of carbonyl (C=O) groups is 1. The van der Waals surface area contributed by atoms with Gasteiger partial charge in [-0.25, -0.2) is 9.18 Å². The molecule has 19 heavy (non-hydrogen) atoms. The standard InChI is InChI=1S/C12H12FN3O3/c1-3-19-12(17)11-10(14-16-15-11)8-6-7(13)4-5-9(8)18-2/h4-6H,3H2,1-2H3,(H,14,15,16). The molecule has 0 aliphatic rings. The first kappa shape index (κ1) is 13.0. The van der Waals surface area contributed by atoms with Gasteiger partial charge in [-0.3, -0.25) is 0 Å². The average molecular weight is 265 g/mol. The van der Waals surface area contributed by atoms with E-state index in [9.17, 15) is 9.18 Å². The molecule has 0 bridgehead atoms. The van der Waals surface area contributed by atoms with Gasteiger partial charge in [-0.05, 0) is 25.1 Å². The molecule has 7 heteroatoms. The molecule has 0 fully saturated rings. The zero-order chi connectivity index (χ0) is 13.8. The number of aromatic amines is 1. The van der Waals surface area contributed by atoms with E-state index in [1.54, 1.807) is 6.92 Å². The van der Waals surface area contributed by atoms with Gasteiger partial charge in [-0.15, -0.1) is 5.10 Å². The summed E-state index contributed by atoms with van der Waals surface area (Å²) < 4.78 is 23.3. The van der Waals surface area contributed by atoms with Crippen molar-refractivity contribution in [2.45, 2.75) is 6.92 Å². The van der Waals surface area contributed by atoms with Crippen molar-refractivity contribution in [1.29, 1.82) is 0 Å². The summed E-state index contributed by atoms with van der Waals surface area (Å²) in [4.78, 5) is 11.7. The van der Waals surface area contributed by atoms with Crippen molar-refractivity contribution in [1.82, 2.24) is 15.4 Å². The first-order valence-electron chi connectivity index (χ1n) is 5.59. The first-order valence-corrected chi connectivity index (χ1v) is 5.59. The number of hydrogen-bond donors (Lipinski definition) is 1. The van der Waals surface area contributed by atoms with E-state index in [-0.39, 0.29) is 18.0 Å². The molecule has 0 spiro atoms. The van der Waals surface area contributed by atoms with E-state index in [0.29, 0.717) is 11.3 Å². The zero-order valence-electron chi connectivity index (χ0n) is 10.4. The molecule has 1 aromatic heterocycles. The maximum absolute atomic E-state index is 13.3. The van der Waals surface area contributed by atoms with Gasteiger partial charge in [0.1, 0.15) is 17.3 Å². The molecule has 0 saturated heterocycles. The van der Waals surface area contributed by atoms with E-state index in [1.165, 1.54) is 25.3 Å². The SMILES string of the molecule is CCOC(=O)c1n[nH]nc1-c1cc(F)ccc1OC. The van der Waals surface area contributed by atoms with Gasteiger partial charge in [-0.1, -0.05) is 0 Å². The van der Waals surface area contributed by atoms with Crippen LogP contribution in [0.2, 0.25) is 0 Å². The van der Waals surface area contributed by atoms with Gasteiger partial charge in [0.05, 0.1) is 13.7 Å². The van der Waals surface area contributed by atoms with E-state index >= 15 is 0 Å². The van der Waals surface area contributed by atoms with Gasteiger partial charge in [0.25, 0.3) is 0 Å². The summed E-state index contributed by atoms with van der Waals surface area (Å²) in [6.07, 6.45) is 0. The highest BCUT2D eigenvalue weighted by Gasteiger charge is 2.21. The number of esters is 1. The lowest BCUT2D eigenvalue weighted by Gasteiger charge is -2.07. The number of nitrogens with one attached hydrogen (secondary N) is 1. The van der Waals surface area contributed by atoms with E-state index < -0.39 is 11.8 Å². The Labute approximate surface area is 108 Å². The maximum atomic E-state index is 13.3. The summed E-state index contributed by atoms with van der Waals surface area (Å²) in [5, 5.41) is 9.91. The van der Waals surface area contributed by atoms with Crippen molar-refractivity contribution in [2.75, 3.05) is 13.7 Å². The molecule has 6 nitrogen and oxygen atoms in total. The van der Waals surface area contributed by atoms with Crippen LogP contribution in [0.1, 0.15) is 17.4 Å². The molecule has 1 heterocycles. The minimum Gasteiger partial charge on any atom is -0.496 e. The molecule has 0 aliphatic heterocycles. The highest BCUT2D eigenvalue weighted by Crippen LogP contribution is 2.30. The normalized spacial score (nSPS) is 10.3. The zero-order valence-corrected chi connectivity index (χ0v) is 10.4. The van der Waals surface area contributed by atoms with Gasteiger partial charge < -0.3 is 9.47 Å². The Kier molecular flexibility index (Phi) is 3.74. The molecule has 2 rings (SSSR count). The van der Waals surface area contributed by atoms with Gasteiger partial charge in [0.2, 0.25) is 0 Å². The Morgan fingerprint density at radius 2 is 2.21 bits per heavy atom. The third kappa shape index (κ3) is 2.54. The molecule has 0 amide bonds. The fourth-order valence-corrected chi connectivity index (χ4v) is 1.63. The predicted octanol–water partition coefficient (Wildman–Crippen LogP) is 1.80. The fourth-order valence-electron chi connectivity index (χ4n) is 1.63. The number of halogens is 1. The van der Waals surface area contributed by atoms with Gasteiger partial charge in [0.15, 0.2) is 5.69 Å². The average Bonchev–Trinajstić information content (AvgIpc) is 2.88. The van der Waals surface area contributed by atoms with Crippen molar-refractivity contribution in [3.63, 3.8) is 0 Å². The lowest BCUT2D eigenvalue weighted by molar-refractivity contribution is 0.0520. The van der Waals surface area contributed by atoms with Crippen molar-refractivity contribution < 1.29 is 18.7 Å². The monoisotopic (exact) mass is 265 g/mol. The van der Waals surface area contributed by atoms with E-state index in [1.807, 2.05) is 0 Å². The van der Waals surface area contributed by atoms with Crippen LogP contribution in [0.3, 0.4) is 0 Å². The maximum Gasteiger partial charge on any atom is 0.361 e. The second-order valence-corrected chi connectivity index (χ2v) is 3.59. The molecule has 100 valence electrons. The van der Waals surface area contributed by atoms with Crippen LogP contribution in [-0.4, -0.2) is 35.1 Å². The van der Waals surface area contributed by atoms with Gasteiger partial charge in [-0.2, -0.15) is 10.3 Å². The van der Waals surface area contributed by atoms with Crippen molar-refractivity contribution in [3.05, 3.63) is 29.7 Å². The molecule has 1 N–H and O–H groups in total. The number of aromatic nitrogens is 3. The Balaban J connectivity index is 2.51. The van der Waals surface area contributed by atoms with E-state index in [0.717, 1.165) is 0 Å². The number of carbonyl (C=O) groups excluding carboxylic acids is 1. The summed E-state index contributed by atoms with van der Waals surface area (Å²) >= 11 is 0. The molecule has 0 saturated carbocycles. The fraction of sp³-hybridized carbons (Fsp3) is 0.250. The molecule has 1 aromatic carbocycles. The molecular formula is C12H12FN3O3. The van der Waals surface area contributed by atoms with Crippen LogP contribution in [0.5, 0.6) is 5.75 Å². The van der Waals surface area contributed by atoms with Gasteiger partial charge >= 0.3 is 5.97 Å². The number of rotatable bonds is 4. The van der Waals surface area contributed by atoms with E-state index in [2.05, 4.69) is 15.4 Å². The second-order valence-electron chi connectivity index (χ2n) is 3.59. The Morgan fingerprint density at radius 1 is 1.42 bits per heavy atom. The molecule has 0 atom stereocenters. The molecular weight excluding hydrogens is 253 g/mol. The highest BCUT2D eigenvalue weighted by molar-refractivity contribution is 5.94. The number of hydrogen-bond acceptors (Lipinski definition) is 5. The second kappa shape index (κ2) is 5.47. The first-order chi connectivity index (χ1) is 9.17. The van der Waals surface area contributed by atoms with Crippen molar-refractivity contribution in [3.8, 4) is 17.0 Å². The largest absolute Gasteiger partial charge is 0.496 e. The third-order valence-electron chi connectivity index (χ3n) is 2.43. The van der Waals surface area contributed by atoms with Crippen LogP contribution in [-0.2, 0) is 4.74 Å². The minimum atomic E-state index is -0.627. The number of methoxy groups -OCH3 is 1. The number of benzene rings is 1. The predicted molar refractivity (Wildman–Crippen MR) is 64.3 cm³/mol. The number of nitrogens with zero attached hydrogens (tertiary/aromatic N) is 2. The van der Waals surface area contributed by atoms with E-state index in [4.69, 9.17) is 9.47 Å². The van der Waals surface area contributed by atoms with Crippen LogP contribution in [0, 0.1) is 5.82 Å². The van der Waals surface area contributed by atoms with Crippen LogP contribution in [0.25, 0.3) is 11.3 Å². The highest BCUT2D eigenvalue weighted by atomic mass is 19.1. The Hall–Kier alpha value is -2.44. The van der Waals surface area contributed by atoms with Crippen LogP contribution < -0.4 is 4.74 Å². The lowest BCUT2D eigenvalue weighted by Crippen LogP contribution is -2.07. The molecule has 0 aliphatic carbocycles. The summed E-state index contributed by atoms with van der Waals surface area (Å²) in [6, 6.07) is 3.93. The topological polar surface area (TPSA) is 77.1 Å². The van der Waals surface area contributed by atoms with Gasteiger partial charge in [0, 0.05) is 5.56 Å². The Morgan fingerprint density at radius 3 is 2.89 bits per heavy atom. The summed E-state index contributed by atoms with van der Waals surface area (Å²) in [7, 11) is 1.45. The minimum absolute atomic E-state index is 0.00856. The van der Waals surface area contributed by atoms with Crippen LogP contribution in [0.15, 0.2) is 18.2 Å². The number of ether oxygens (including phenoxy) is 2. The lowest BCUT2D eigenvalue weighted by atomic mass is 10.1. The molecule has 2 aromatic rings. The van der Waals surface area contributed by atoms with Crippen LogP contribution >= 0.6 is 0 Å². The Bertz CT molecular complexity index is 598. The quantitative estimate of drug-likeness (QED) is 0.853. The van der Waals surface area contributed by atoms with Crippen LogP contribution in [0.4, 0.5) is 4.39 Å². The molecule has 0 unspecified atom stereocenters. The molecule has 0 radical (unpaired) electrons. The summed E-state index contributed by atoms with van der Waals surface area (Å²) in [6.45, 7) is 1.89. The van der Waals surface area contributed by atoms with Crippen molar-refractivity contribution in [2.24, 2.45) is 0 Å². The number of H-pyrrole nitrogens is 1. The third-order valence-corrected chi connectivity index (χ3v) is 2.43.